The highest BCUT2D eigenvalue weighted by atomic mass is 16.2. The van der Waals surface area contributed by atoms with E-state index in [-0.39, 0.29) is 17.5 Å². The number of nitrogens with zero attached hydrogens (tertiary/aromatic N) is 3. The standard InChI is InChI=1S/C13H21N3O/c1-5-12(17)16-9-8-15(13(2,3)4)10-11(16)6-7-14/h5,11H,1,6,8-10H2,2-4H3/t11-/m0/s1. The second kappa shape index (κ2) is 5.33. The van der Waals surface area contributed by atoms with Crippen LogP contribution in [0.25, 0.3) is 0 Å². The number of piperazine rings is 1. The molecule has 1 heterocycles. The fourth-order valence-electron chi connectivity index (χ4n) is 2.15. The average molecular weight is 235 g/mol. The van der Waals surface area contributed by atoms with E-state index in [1.807, 2.05) is 0 Å². The lowest BCUT2D eigenvalue weighted by atomic mass is 10.0. The quantitative estimate of drug-likeness (QED) is 0.680. The lowest BCUT2D eigenvalue weighted by Crippen LogP contribution is -2.59. The Balaban J connectivity index is 2.78. The van der Waals surface area contributed by atoms with E-state index in [2.05, 4.69) is 38.3 Å². The van der Waals surface area contributed by atoms with Crippen molar-refractivity contribution in [1.29, 1.82) is 5.26 Å². The first-order chi connectivity index (χ1) is 7.90. The van der Waals surface area contributed by atoms with Gasteiger partial charge in [-0.05, 0) is 26.8 Å². The summed E-state index contributed by atoms with van der Waals surface area (Å²) in [6.45, 7) is 12.3. The summed E-state index contributed by atoms with van der Waals surface area (Å²) < 4.78 is 0. The van der Waals surface area contributed by atoms with Crippen molar-refractivity contribution in [2.24, 2.45) is 0 Å². The van der Waals surface area contributed by atoms with Gasteiger partial charge < -0.3 is 4.90 Å². The first kappa shape index (κ1) is 13.7. The summed E-state index contributed by atoms with van der Waals surface area (Å²) in [7, 11) is 0. The first-order valence-corrected chi connectivity index (χ1v) is 5.95. The van der Waals surface area contributed by atoms with Gasteiger partial charge in [-0.25, -0.2) is 0 Å². The van der Waals surface area contributed by atoms with E-state index in [4.69, 9.17) is 5.26 Å². The van der Waals surface area contributed by atoms with Crippen LogP contribution < -0.4 is 0 Å². The molecule has 0 saturated carbocycles. The van der Waals surface area contributed by atoms with Crippen LogP contribution in [-0.2, 0) is 4.79 Å². The Kier molecular flexibility index (Phi) is 4.30. The van der Waals surface area contributed by atoms with Crippen LogP contribution in [0.1, 0.15) is 27.2 Å². The molecule has 1 atom stereocenters. The van der Waals surface area contributed by atoms with E-state index in [9.17, 15) is 4.79 Å². The number of hydrogen-bond acceptors (Lipinski definition) is 3. The molecule has 1 rings (SSSR count). The van der Waals surface area contributed by atoms with Crippen LogP contribution in [0, 0.1) is 11.3 Å². The Bertz CT molecular complexity index is 338. The zero-order chi connectivity index (χ0) is 13.1. The molecule has 1 aliphatic heterocycles. The molecule has 94 valence electrons. The van der Waals surface area contributed by atoms with E-state index in [0.29, 0.717) is 13.0 Å². The smallest absolute Gasteiger partial charge is 0.246 e. The third kappa shape index (κ3) is 3.31. The maximum absolute atomic E-state index is 11.7. The largest absolute Gasteiger partial charge is 0.333 e. The van der Waals surface area contributed by atoms with Gasteiger partial charge in [0.05, 0.1) is 18.5 Å². The Labute approximate surface area is 103 Å². The molecule has 1 aliphatic rings. The molecule has 1 fully saturated rings. The van der Waals surface area contributed by atoms with Crippen molar-refractivity contribution in [3.8, 4) is 6.07 Å². The highest BCUT2D eigenvalue weighted by Crippen LogP contribution is 2.21. The van der Waals surface area contributed by atoms with Crippen LogP contribution >= 0.6 is 0 Å². The van der Waals surface area contributed by atoms with Gasteiger partial charge in [0, 0.05) is 25.2 Å². The molecule has 0 aromatic heterocycles. The Hall–Kier alpha value is -1.34. The number of carbonyl (C=O) groups is 1. The lowest BCUT2D eigenvalue weighted by molar-refractivity contribution is -0.131. The van der Waals surface area contributed by atoms with E-state index >= 15 is 0 Å². The van der Waals surface area contributed by atoms with E-state index in [0.717, 1.165) is 13.1 Å². The Morgan fingerprint density at radius 2 is 2.18 bits per heavy atom. The number of amides is 1. The van der Waals surface area contributed by atoms with Gasteiger partial charge in [-0.2, -0.15) is 5.26 Å². The summed E-state index contributed by atoms with van der Waals surface area (Å²) in [5.41, 5.74) is 0.0804. The molecule has 0 aliphatic carbocycles. The molecule has 0 bridgehead atoms. The minimum atomic E-state index is -0.0705. The molecular weight excluding hydrogens is 214 g/mol. The number of rotatable bonds is 2. The monoisotopic (exact) mass is 235 g/mol. The van der Waals surface area contributed by atoms with Crippen molar-refractivity contribution in [1.82, 2.24) is 9.80 Å². The second-order valence-electron chi connectivity index (χ2n) is 5.37. The van der Waals surface area contributed by atoms with Gasteiger partial charge in [0.15, 0.2) is 0 Å². The second-order valence-corrected chi connectivity index (χ2v) is 5.37. The molecule has 4 heteroatoms. The predicted octanol–water partition coefficient (Wildman–Crippen LogP) is 1.40. The van der Waals surface area contributed by atoms with Crippen molar-refractivity contribution in [2.45, 2.75) is 38.8 Å². The molecule has 0 aromatic rings. The van der Waals surface area contributed by atoms with Gasteiger partial charge in [-0.3, -0.25) is 9.69 Å². The summed E-state index contributed by atoms with van der Waals surface area (Å²) in [5, 5.41) is 8.85. The third-order valence-electron chi connectivity index (χ3n) is 3.22. The molecule has 0 N–H and O–H groups in total. The summed E-state index contributed by atoms with van der Waals surface area (Å²) in [6.07, 6.45) is 1.71. The number of hydrogen-bond donors (Lipinski definition) is 0. The van der Waals surface area contributed by atoms with Gasteiger partial charge >= 0.3 is 0 Å². The van der Waals surface area contributed by atoms with Crippen molar-refractivity contribution < 1.29 is 4.79 Å². The average Bonchev–Trinajstić information content (AvgIpc) is 2.27. The van der Waals surface area contributed by atoms with Crippen molar-refractivity contribution in [3.63, 3.8) is 0 Å². The van der Waals surface area contributed by atoms with Crippen molar-refractivity contribution in [3.05, 3.63) is 12.7 Å². The fourth-order valence-corrected chi connectivity index (χ4v) is 2.15. The summed E-state index contributed by atoms with van der Waals surface area (Å²) >= 11 is 0. The van der Waals surface area contributed by atoms with Crippen molar-refractivity contribution >= 4 is 5.91 Å². The van der Waals surface area contributed by atoms with Crippen LogP contribution in [0.4, 0.5) is 0 Å². The maximum atomic E-state index is 11.7. The van der Waals surface area contributed by atoms with E-state index in [1.54, 1.807) is 4.90 Å². The molecule has 4 nitrogen and oxygen atoms in total. The SMILES string of the molecule is C=CC(=O)N1CCN(C(C)(C)C)C[C@@H]1CC#N. The summed E-state index contributed by atoms with van der Waals surface area (Å²) in [5.74, 6) is -0.0705. The Morgan fingerprint density at radius 1 is 1.53 bits per heavy atom. The van der Waals surface area contributed by atoms with Gasteiger partial charge in [0.1, 0.15) is 0 Å². The zero-order valence-electron chi connectivity index (χ0n) is 10.9. The van der Waals surface area contributed by atoms with Gasteiger partial charge in [-0.1, -0.05) is 6.58 Å². The first-order valence-electron chi connectivity index (χ1n) is 5.95. The highest BCUT2D eigenvalue weighted by molar-refractivity contribution is 5.87. The van der Waals surface area contributed by atoms with Crippen LogP contribution in [0.5, 0.6) is 0 Å². The molecule has 0 spiro atoms. The van der Waals surface area contributed by atoms with E-state index in [1.165, 1.54) is 6.08 Å². The number of carbonyl (C=O) groups excluding carboxylic acids is 1. The number of nitriles is 1. The van der Waals surface area contributed by atoms with Crippen LogP contribution in [0.3, 0.4) is 0 Å². The third-order valence-corrected chi connectivity index (χ3v) is 3.22. The maximum Gasteiger partial charge on any atom is 0.246 e. The highest BCUT2D eigenvalue weighted by Gasteiger charge is 2.33. The van der Waals surface area contributed by atoms with Crippen molar-refractivity contribution in [2.75, 3.05) is 19.6 Å². The van der Waals surface area contributed by atoms with E-state index < -0.39 is 0 Å². The van der Waals surface area contributed by atoms with Gasteiger partial charge in [0.2, 0.25) is 5.91 Å². The lowest BCUT2D eigenvalue weighted by Gasteiger charge is -2.46. The van der Waals surface area contributed by atoms with Crippen LogP contribution in [0.2, 0.25) is 0 Å². The van der Waals surface area contributed by atoms with Gasteiger partial charge in [0.25, 0.3) is 0 Å². The molecule has 1 saturated heterocycles. The molecule has 0 aromatic carbocycles. The zero-order valence-corrected chi connectivity index (χ0v) is 10.9. The fraction of sp³-hybridized carbons (Fsp3) is 0.692. The van der Waals surface area contributed by atoms with Crippen LogP contribution in [-0.4, -0.2) is 46.9 Å². The normalized spacial score (nSPS) is 22.0. The minimum absolute atomic E-state index is 0.0153. The molecule has 0 unspecified atom stereocenters. The topological polar surface area (TPSA) is 47.3 Å². The van der Waals surface area contributed by atoms with Gasteiger partial charge in [-0.15, -0.1) is 0 Å². The minimum Gasteiger partial charge on any atom is -0.333 e. The predicted molar refractivity (Wildman–Crippen MR) is 67.3 cm³/mol. The van der Waals surface area contributed by atoms with Crippen LogP contribution in [0.15, 0.2) is 12.7 Å². The summed E-state index contributed by atoms with van der Waals surface area (Å²) in [4.78, 5) is 15.8. The summed E-state index contributed by atoms with van der Waals surface area (Å²) in [6, 6.07) is 2.15. The molecule has 0 radical (unpaired) electrons. The molecule has 17 heavy (non-hydrogen) atoms. The molecule has 1 amide bonds. The molecular formula is C13H21N3O. The Morgan fingerprint density at radius 3 is 2.65 bits per heavy atom.